The number of carbonyl (C=O) groups excluding carboxylic acids is 1. The summed E-state index contributed by atoms with van der Waals surface area (Å²) >= 11 is 0. The fraction of sp³-hybridized carbons (Fsp3) is 0.571. The molecule has 2 rings (SSSR count). The molecule has 1 fully saturated rings. The Morgan fingerprint density at radius 3 is 2.42 bits per heavy atom. The maximum absolute atomic E-state index is 12.1. The Bertz CT molecular complexity index is 400. The van der Waals surface area contributed by atoms with Gasteiger partial charge in [-0.05, 0) is 18.7 Å². The number of nitrogens with two attached hydrogens (primary N) is 1. The first kappa shape index (κ1) is 15.4. The third kappa shape index (κ3) is 4.21. The van der Waals surface area contributed by atoms with Gasteiger partial charge in [-0.25, -0.2) is 4.98 Å². The number of rotatable bonds is 2. The monoisotopic (exact) mass is 264 g/mol. The Morgan fingerprint density at radius 2 is 1.89 bits per heavy atom. The smallest absolute Gasteiger partial charge is 0.272 e. The molecule has 5 heteroatoms. The van der Waals surface area contributed by atoms with Gasteiger partial charge in [0.25, 0.3) is 5.91 Å². The third-order valence-corrected chi connectivity index (χ3v) is 3.10. The van der Waals surface area contributed by atoms with Gasteiger partial charge in [0.2, 0.25) is 0 Å². The number of amides is 1. The minimum absolute atomic E-state index is 0.0203. The highest BCUT2D eigenvalue weighted by Crippen LogP contribution is 2.08. The summed E-state index contributed by atoms with van der Waals surface area (Å²) in [5.41, 5.74) is 6.02. The molecule has 1 amide bonds. The second-order valence-corrected chi connectivity index (χ2v) is 4.17. The molecular formula is C14H24N4O. The number of pyridine rings is 1. The first-order valence-electron chi connectivity index (χ1n) is 6.95. The molecule has 0 unspecified atom stereocenters. The molecule has 2 heterocycles. The number of piperazine rings is 1. The molecule has 5 nitrogen and oxygen atoms in total. The van der Waals surface area contributed by atoms with E-state index in [2.05, 4.69) is 16.8 Å². The van der Waals surface area contributed by atoms with E-state index in [1.54, 1.807) is 18.2 Å². The number of carbonyl (C=O) groups is 1. The summed E-state index contributed by atoms with van der Waals surface area (Å²) in [5.74, 6) is 0.371. The molecule has 0 saturated carbocycles. The van der Waals surface area contributed by atoms with Crippen LogP contribution in [0, 0.1) is 0 Å². The summed E-state index contributed by atoms with van der Waals surface area (Å²) in [6.07, 6.45) is 0. The van der Waals surface area contributed by atoms with Gasteiger partial charge in [0, 0.05) is 26.2 Å². The Hall–Kier alpha value is -1.62. The van der Waals surface area contributed by atoms with Crippen molar-refractivity contribution in [1.82, 2.24) is 14.8 Å². The molecule has 1 saturated heterocycles. The van der Waals surface area contributed by atoms with Gasteiger partial charge in [-0.2, -0.15) is 0 Å². The molecule has 0 atom stereocenters. The van der Waals surface area contributed by atoms with Crippen LogP contribution in [0.2, 0.25) is 0 Å². The van der Waals surface area contributed by atoms with Gasteiger partial charge in [0.05, 0.1) is 0 Å². The highest BCUT2D eigenvalue weighted by atomic mass is 16.2. The molecule has 0 aromatic carbocycles. The average molecular weight is 264 g/mol. The van der Waals surface area contributed by atoms with E-state index in [4.69, 9.17) is 5.73 Å². The number of aromatic nitrogens is 1. The summed E-state index contributed by atoms with van der Waals surface area (Å²) in [7, 11) is 0. The standard InChI is InChI=1S/C12H18N4O.C2H6/c1-2-15-6-8-16(9-7-15)12(17)10-4-3-5-11(13)14-10;1-2/h3-5H,2,6-9H2,1H3,(H2,13,14);1-2H3. The zero-order chi connectivity index (χ0) is 14.3. The first-order chi connectivity index (χ1) is 9.20. The van der Waals surface area contributed by atoms with Crippen LogP contribution in [0.4, 0.5) is 5.82 Å². The van der Waals surface area contributed by atoms with Gasteiger partial charge in [-0.1, -0.05) is 26.8 Å². The molecule has 0 aliphatic carbocycles. The fourth-order valence-electron chi connectivity index (χ4n) is 2.00. The number of likely N-dealkylation sites (N-methyl/N-ethyl adjacent to an activating group) is 1. The van der Waals surface area contributed by atoms with E-state index in [9.17, 15) is 4.79 Å². The molecule has 0 bridgehead atoms. The van der Waals surface area contributed by atoms with E-state index in [1.807, 2.05) is 18.7 Å². The van der Waals surface area contributed by atoms with Crippen LogP contribution in [0.1, 0.15) is 31.3 Å². The van der Waals surface area contributed by atoms with E-state index < -0.39 is 0 Å². The lowest BCUT2D eigenvalue weighted by Crippen LogP contribution is -2.48. The van der Waals surface area contributed by atoms with E-state index in [-0.39, 0.29) is 5.91 Å². The minimum atomic E-state index is -0.0203. The zero-order valence-electron chi connectivity index (χ0n) is 12.1. The van der Waals surface area contributed by atoms with Crippen LogP contribution in [0.5, 0.6) is 0 Å². The van der Waals surface area contributed by atoms with Crippen molar-refractivity contribution in [3.05, 3.63) is 23.9 Å². The van der Waals surface area contributed by atoms with Crippen LogP contribution in [-0.4, -0.2) is 53.4 Å². The number of nitrogens with zero attached hydrogens (tertiary/aromatic N) is 3. The van der Waals surface area contributed by atoms with Crippen molar-refractivity contribution < 1.29 is 4.79 Å². The van der Waals surface area contributed by atoms with Crippen molar-refractivity contribution in [2.45, 2.75) is 20.8 Å². The summed E-state index contributed by atoms with van der Waals surface area (Å²) in [6, 6.07) is 5.16. The number of nitrogen functional groups attached to an aromatic ring is 1. The third-order valence-electron chi connectivity index (χ3n) is 3.10. The van der Waals surface area contributed by atoms with Gasteiger partial charge in [0.15, 0.2) is 0 Å². The van der Waals surface area contributed by atoms with Crippen LogP contribution in [0.25, 0.3) is 0 Å². The molecule has 1 aliphatic heterocycles. The van der Waals surface area contributed by atoms with Crippen LogP contribution >= 0.6 is 0 Å². The van der Waals surface area contributed by atoms with Crippen molar-refractivity contribution in [1.29, 1.82) is 0 Å². The molecule has 1 aromatic heterocycles. The van der Waals surface area contributed by atoms with E-state index in [0.29, 0.717) is 11.5 Å². The van der Waals surface area contributed by atoms with E-state index in [1.165, 1.54) is 0 Å². The second kappa shape index (κ2) is 7.74. The molecule has 106 valence electrons. The Labute approximate surface area is 115 Å². The van der Waals surface area contributed by atoms with Gasteiger partial charge >= 0.3 is 0 Å². The highest BCUT2D eigenvalue weighted by Gasteiger charge is 2.21. The topological polar surface area (TPSA) is 62.5 Å². The van der Waals surface area contributed by atoms with Crippen molar-refractivity contribution in [3.63, 3.8) is 0 Å². The Morgan fingerprint density at radius 1 is 1.26 bits per heavy atom. The summed E-state index contributed by atoms with van der Waals surface area (Å²) in [5, 5.41) is 0. The number of hydrogen-bond donors (Lipinski definition) is 1. The lowest BCUT2D eigenvalue weighted by molar-refractivity contribution is 0.0638. The normalized spacial score (nSPS) is 15.6. The lowest BCUT2D eigenvalue weighted by atomic mass is 10.2. The van der Waals surface area contributed by atoms with Crippen molar-refractivity contribution >= 4 is 11.7 Å². The van der Waals surface area contributed by atoms with E-state index >= 15 is 0 Å². The molecule has 0 radical (unpaired) electrons. The predicted molar refractivity (Wildman–Crippen MR) is 78.0 cm³/mol. The average Bonchev–Trinajstić information content (AvgIpc) is 2.48. The molecule has 19 heavy (non-hydrogen) atoms. The van der Waals surface area contributed by atoms with Crippen molar-refractivity contribution in [2.24, 2.45) is 0 Å². The van der Waals surface area contributed by atoms with Crippen molar-refractivity contribution in [3.8, 4) is 0 Å². The van der Waals surface area contributed by atoms with Crippen LogP contribution in [-0.2, 0) is 0 Å². The molecule has 1 aliphatic rings. The summed E-state index contributed by atoms with van der Waals surface area (Å²) < 4.78 is 0. The SMILES string of the molecule is CC.CCN1CCN(C(=O)c2cccc(N)n2)CC1. The summed E-state index contributed by atoms with van der Waals surface area (Å²) in [6.45, 7) is 10.6. The Balaban J connectivity index is 0.000000861. The predicted octanol–water partition coefficient (Wildman–Crippen LogP) is 1.47. The van der Waals surface area contributed by atoms with Gasteiger partial charge < -0.3 is 15.5 Å². The maximum atomic E-state index is 12.1. The molecule has 1 aromatic rings. The summed E-state index contributed by atoms with van der Waals surface area (Å²) in [4.78, 5) is 20.4. The van der Waals surface area contributed by atoms with Crippen molar-refractivity contribution in [2.75, 3.05) is 38.5 Å². The molecule has 2 N–H and O–H groups in total. The second-order valence-electron chi connectivity index (χ2n) is 4.17. The van der Waals surface area contributed by atoms with Crippen LogP contribution < -0.4 is 5.73 Å². The van der Waals surface area contributed by atoms with E-state index in [0.717, 1.165) is 32.7 Å². The van der Waals surface area contributed by atoms with Gasteiger partial charge in [-0.15, -0.1) is 0 Å². The quantitative estimate of drug-likeness (QED) is 0.878. The zero-order valence-corrected chi connectivity index (χ0v) is 12.1. The minimum Gasteiger partial charge on any atom is -0.384 e. The van der Waals surface area contributed by atoms with Gasteiger partial charge in [0.1, 0.15) is 11.5 Å². The van der Waals surface area contributed by atoms with Gasteiger partial charge in [-0.3, -0.25) is 4.79 Å². The van der Waals surface area contributed by atoms with Crippen LogP contribution in [0.3, 0.4) is 0 Å². The maximum Gasteiger partial charge on any atom is 0.272 e. The Kier molecular flexibility index (Phi) is 6.29. The first-order valence-corrected chi connectivity index (χ1v) is 6.95. The number of anilines is 1. The fourth-order valence-corrected chi connectivity index (χ4v) is 2.00. The molecule has 0 spiro atoms. The number of hydrogen-bond acceptors (Lipinski definition) is 4. The largest absolute Gasteiger partial charge is 0.384 e. The highest BCUT2D eigenvalue weighted by molar-refractivity contribution is 5.92. The van der Waals surface area contributed by atoms with Crippen LogP contribution in [0.15, 0.2) is 18.2 Å². The molecular weight excluding hydrogens is 240 g/mol. The lowest BCUT2D eigenvalue weighted by Gasteiger charge is -2.33.